The third-order valence-corrected chi connectivity index (χ3v) is 7.61. The molecule has 2 aromatic rings. The predicted molar refractivity (Wildman–Crippen MR) is 125 cm³/mol. The summed E-state index contributed by atoms with van der Waals surface area (Å²) in [6.07, 6.45) is 3.17. The largest absolute Gasteiger partial charge is 0.478 e. The number of hydrogen-bond donors (Lipinski definition) is 3. The summed E-state index contributed by atoms with van der Waals surface area (Å²) in [6, 6.07) is 7.77. The van der Waals surface area contributed by atoms with Gasteiger partial charge in [-0.25, -0.2) is 4.79 Å². The summed E-state index contributed by atoms with van der Waals surface area (Å²) >= 11 is 3.43. The first-order valence-corrected chi connectivity index (χ1v) is 12.3. The molecule has 0 aromatic carbocycles. The highest BCUT2D eigenvalue weighted by Gasteiger charge is 2.37. The Morgan fingerprint density at radius 2 is 2.00 bits per heavy atom. The Balaban J connectivity index is 1.77. The molecule has 0 saturated heterocycles. The fourth-order valence-electron chi connectivity index (χ4n) is 3.82. The molecule has 3 atom stereocenters. The van der Waals surface area contributed by atoms with E-state index in [1.165, 1.54) is 16.7 Å². The zero-order valence-corrected chi connectivity index (χ0v) is 19.7. The average Bonchev–Trinajstić information content (AvgIpc) is 3.43. The van der Waals surface area contributed by atoms with Crippen LogP contribution in [-0.4, -0.2) is 41.3 Å². The van der Waals surface area contributed by atoms with Gasteiger partial charge in [0, 0.05) is 39.7 Å². The molecule has 0 radical (unpaired) electrons. The van der Waals surface area contributed by atoms with Gasteiger partial charge in [-0.1, -0.05) is 19.9 Å². The lowest BCUT2D eigenvalue weighted by Crippen LogP contribution is -2.58. The number of thiophene rings is 2. The van der Waals surface area contributed by atoms with Crippen molar-refractivity contribution in [2.75, 3.05) is 0 Å². The Bertz CT molecular complexity index is 903. The first-order chi connectivity index (χ1) is 14.9. The molecule has 1 aliphatic rings. The van der Waals surface area contributed by atoms with E-state index < -0.39 is 12.1 Å². The van der Waals surface area contributed by atoms with Crippen LogP contribution in [0.25, 0.3) is 9.75 Å². The molecule has 168 valence electrons. The number of carboxylic acids is 1. The highest BCUT2D eigenvalue weighted by Crippen LogP contribution is 2.32. The van der Waals surface area contributed by atoms with Crippen LogP contribution in [0, 0.1) is 0 Å². The fourth-order valence-corrected chi connectivity index (χ4v) is 5.61. The molecule has 0 fully saturated rings. The van der Waals surface area contributed by atoms with E-state index >= 15 is 0 Å². The average molecular weight is 463 g/mol. The molecule has 3 rings (SSSR count). The second-order valence-corrected chi connectivity index (χ2v) is 9.81. The van der Waals surface area contributed by atoms with Gasteiger partial charge in [0.05, 0.1) is 18.2 Å². The van der Waals surface area contributed by atoms with Crippen LogP contribution in [0.2, 0.25) is 0 Å². The molecule has 0 bridgehead atoms. The molecule has 8 heteroatoms. The van der Waals surface area contributed by atoms with Crippen LogP contribution in [0.3, 0.4) is 0 Å². The Kier molecular flexibility index (Phi) is 8.43. The number of rotatable bonds is 10. The predicted octanol–water partition coefficient (Wildman–Crippen LogP) is 4.43. The fraction of sp³-hybridized carbons (Fsp3) is 0.478. The van der Waals surface area contributed by atoms with Gasteiger partial charge in [0.1, 0.15) is 0 Å². The summed E-state index contributed by atoms with van der Waals surface area (Å²) < 4.78 is 6.23. The van der Waals surface area contributed by atoms with E-state index in [1.807, 2.05) is 19.9 Å². The third kappa shape index (κ3) is 6.26. The number of carbonyl (C=O) groups is 2. The summed E-state index contributed by atoms with van der Waals surface area (Å²) in [6.45, 7) is 6.17. The molecular weight excluding hydrogens is 432 g/mol. The van der Waals surface area contributed by atoms with Gasteiger partial charge in [0.15, 0.2) is 0 Å². The number of ether oxygens (including phenoxy) is 1. The second kappa shape index (κ2) is 11.0. The normalized spacial score (nSPS) is 21.2. The molecule has 2 aromatic heterocycles. The summed E-state index contributed by atoms with van der Waals surface area (Å²) in [5.41, 5.74) is 0.320. The van der Waals surface area contributed by atoms with E-state index in [2.05, 4.69) is 34.2 Å². The van der Waals surface area contributed by atoms with Crippen molar-refractivity contribution >= 4 is 34.6 Å². The van der Waals surface area contributed by atoms with Gasteiger partial charge in [-0.15, -0.1) is 22.7 Å². The van der Waals surface area contributed by atoms with Crippen molar-refractivity contribution in [3.05, 3.63) is 46.2 Å². The highest BCUT2D eigenvalue weighted by molar-refractivity contribution is 7.21. The third-order valence-electron chi connectivity index (χ3n) is 5.46. The maximum Gasteiger partial charge on any atom is 0.331 e. The highest BCUT2D eigenvalue weighted by atomic mass is 32.1. The maximum absolute atomic E-state index is 11.9. The SMILES string of the molecule is CCC(CC)O[C@@H]1C=C(C(=O)O)C[C@H](NCc2ccc(-c3cccs3)s2)[C@H]1NC(C)=O. The van der Waals surface area contributed by atoms with E-state index in [0.717, 1.165) is 17.7 Å². The number of hydrogen-bond acceptors (Lipinski definition) is 6. The number of amides is 1. The number of nitrogens with one attached hydrogen (secondary N) is 2. The van der Waals surface area contributed by atoms with Gasteiger partial charge in [-0.3, -0.25) is 4.79 Å². The summed E-state index contributed by atoms with van der Waals surface area (Å²) in [5, 5.41) is 18.2. The van der Waals surface area contributed by atoms with Gasteiger partial charge >= 0.3 is 5.97 Å². The number of carboxylic acid groups (broad SMARTS) is 1. The molecule has 0 unspecified atom stereocenters. The molecule has 1 aliphatic carbocycles. The van der Waals surface area contributed by atoms with Crippen LogP contribution in [-0.2, 0) is 20.9 Å². The van der Waals surface area contributed by atoms with E-state index in [-0.39, 0.29) is 24.1 Å². The van der Waals surface area contributed by atoms with E-state index in [0.29, 0.717) is 18.5 Å². The van der Waals surface area contributed by atoms with E-state index in [4.69, 9.17) is 4.74 Å². The second-order valence-electron chi connectivity index (χ2n) is 7.70. The number of aliphatic carboxylic acids is 1. The van der Waals surface area contributed by atoms with Crippen molar-refractivity contribution in [2.45, 2.75) is 70.9 Å². The van der Waals surface area contributed by atoms with Crippen molar-refractivity contribution in [3.63, 3.8) is 0 Å². The molecule has 3 N–H and O–H groups in total. The molecule has 0 aliphatic heterocycles. The Morgan fingerprint density at radius 3 is 2.61 bits per heavy atom. The molecule has 0 spiro atoms. The molecular formula is C23H30N2O4S2. The minimum Gasteiger partial charge on any atom is -0.478 e. The first-order valence-electron chi connectivity index (χ1n) is 10.6. The van der Waals surface area contributed by atoms with Crippen LogP contribution in [0.5, 0.6) is 0 Å². The quantitative estimate of drug-likeness (QED) is 0.486. The standard InChI is InChI=1S/C23H30N2O4S2/c1-4-16(5-2)29-19-12-15(23(27)28)11-18(22(19)25-14(3)26)24-13-17-8-9-21(31-17)20-7-6-10-30-20/h6-10,12,16,18-19,22,24H,4-5,11,13H2,1-3H3,(H,25,26)(H,27,28)/t18-,19+,22+/m0/s1. The lowest BCUT2D eigenvalue weighted by Gasteiger charge is -2.38. The van der Waals surface area contributed by atoms with E-state index in [1.54, 1.807) is 28.7 Å². The zero-order valence-electron chi connectivity index (χ0n) is 18.1. The van der Waals surface area contributed by atoms with Crippen LogP contribution in [0.4, 0.5) is 0 Å². The zero-order chi connectivity index (χ0) is 22.4. The van der Waals surface area contributed by atoms with Gasteiger partial charge in [0.2, 0.25) is 5.91 Å². The van der Waals surface area contributed by atoms with Gasteiger partial charge in [0.25, 0.3) is 0 Å². The van der Waals surface area contributed by atoms with Crippen molar-refractivity contribution in [1.29, 1.82) is 0 Å². The molecule has 0 saturated carbocycles. The topological polar surface area (TPSA) is 87.7 Å². The van der Waals surface area contributed by atoms with Crippen LogP contribution >= 0.6 is 22.7 Å². The van der Waals surface area contributed by atoms with Gasteiger partial charge in [-0.2, -0.15) is 0 Å². The van der Waals surface area contributed by atoms with Crippen LogP contribution in [0.15, 0.2) is 41.3 Å². The molecule has 2 heterocycles. The Labute approximate surface area is 191 Å². The lowest BCUT2D eigenvalue weighted by molar-refractivity contribution is -0.133. The summed E-state index contributed by atoms with van der Waals surface area (Å²) in [4.78, 5) is 27.3. The van der Waals surface area contributed by atoms with Crippen molar-refractivity contribution in [3.8, 4) is 9.75 Å². The summed E-state index contributed by atoms with van der Waals surface area (Å²) in [5.74, 6) is -1.10. The molecule has 31 heavy (non-hydrogen) atoms. The molecule has 1 amide bonds. The van der Waals surface area contributed by atoms with Crippen molar-refractivity contribution < 1.29 is 19.4 Å². The Hall–Kier alpha value is -2.00. The van der Waals surface area contributed by atoms with Crippen molar-refractivity contribution in [2.24, 2.45) is 0 Å². The Morgan fingerprint density at radius 1 is 1.23 bits per heavy atom. The van der Waals surface area contributed by atoms with E-state index in [9.17, 15) is 14.7 Å². The van der Waals surface area contributed by atoms with Crippen molar-refractivity contribution in [1.82, 2.24) is 10.6 Å². The number of carbonyl (C=O) groups excluding carboxylic acids is 1. The lowest BCUT2D eigenvalue weighted by atomic mass is 9.87. The molecule has 6 nitrogen and oxygen atoms in total. The first kappa shape index (κ1) is 23.7. The summed E-state index contributed by atoms with van der Waals surface area (Å²) in [7, 11) is 0. The monoisotopic (exact) mass is 462 g/mol. The van der Waals surface area contributed by atoms with Gasteiger partial charge < -0.3 is 20.5 Å². The van der Waals surface area contributed by atoms with Crippen LogP contribution in [0.1, 0.15) is 44.9 Å². The van der Waals surface area contributed by atoms with Gasteiger partial charge in [-0.05, 0) is 48.9 Å². The maximum atomic E-state index is 11.9. The minimum absolute atomic E-state index is 0.0111. The van der Waals surface area contributed by atoms with Crippen LogP contribution < -0.4 is 10.6 Å². The smallest absolute Gasteiger partial charge is 0.331 e. The minimum atomic E-state index is -0.942.